The highest BCUT2D eigenvalue weighted by molar-refractivity contribution is 5.88. The SMILES string of the molecule is CCC(C)N(CCOC)Cc1cc(C(=O)O)ccc1OC. The van der Waals surface area contributed by atoms with Gasteiger partial charge in [-0.3, -0.25) is 4.90 Å². The third-order valence-electron chi connectivity index (χ3n) is 3.70. The van der Waals surface area contributed by atoms with Crippen LogP contribution in [0.1, 0.15) is 36.2 Å². The molecule has 1 N–H and O–H groups in total. The average molecular weight is 295 g/mol. The second-order valence-electron chi connectivity index (χ2n) is 5.05. The van der Waals surface area contributed by atoms with Crippen molar-refractivity contribution in [3.63, 3.8) is 0 Å². The number of hydrogen-bond acceptors (Lipinski definition) is 4. The summed E-state index contributed by atoms with van der Waals surface area (Å²) in [6.07, 6.45) is 1.02. The minimum Gasteiger partial charge on any atom is -0.496 e. The van der Waals surface area contributed by atoms with E-state index in [0.717, 1.165) is 18.5 Å². The van der Waals surface area contributed by atoms with E-state index in [9.17, 15) is 4.79 Å². The van der Waals surface area contributed by atoms with Crippen molar-refractivity contribution in [1.29, 1.82) is 0 Å². The molecule has 0 heterocycles. The van der Waals surface area contributed by atoms with Gasteiger partial charge in [0, 0.05) is 31.8 Å². The van der Waals surface area contributed by atoms with Crippen molar-refractivity contribution < 1.29 is 19.4 Å². The van der Waals surface area contributed by atoms with Crippen molar-refractivity contribution in [2.24, 2.45) is 0 Å². The van der Waals surface area contributed by atoms with Gasteiger partial charge in [-0.05, 0) is 31.5 Å². The molecule has 0 radical (unpaired) electrons. The van der Waals surface area contributed by atoms with Gasteiger partial charge in [0.05, 0.1) is 19.3 Å². The summed E-state index contributed by atoms with van der Waals surface area (Å²) in [6, 6.07) is 5.35. The number of methoxy groups -OCH3 is 2. The molecule has 0 aromatic heterocycles. The van der Waals surface area contributed by atoms with E-state index in [2.05, 4.69) is 18.7 Å². The predicted octanol–water partition coefficient (Wildman–Crippen LogP) is 2.64. The largest absolute Gasteiger partial charge is 0.496 e. The lowest BCUT2D eigenvalue weighted by Gasteiger charge is -2.28. The van der Waals surface area contributed by atoms with E-state index in [4.69, 9.17) is 14.6 Å². The van der Waals surface area contributed by atoms with Gasteiger partial charge in [-0.2, -0.15) is 0 Å². The van der Waals surface area contributed by atoms with Crippen LogP contribution in [0.3, 0.4) is 0 Å². The van der Waals surface area contributed by atoms with Gasteiger partial charge in [-0.15, -0.1) is 0 Å². The van der Waals surface area contributed by atoms with Gasteiger partial charge in [-0.25, -0.2) is 4.79 Å². The number of hydrogen-bond donors (Lipinski definition) is 1. The molecule has 0 spiro atoms. The standard InChI is InChI=1S/C16H25NO4/c1-5-12(2)17(8-9-20-3)11-14-10-13(16(18)19)6-7-15(14)21-4/h6-7,10,12H,5,8-9,11H2,1-4H3,(H,18,19). The van der Waals surface area contributed by atoms with E-state index in [1.165, 1.54) is 0 Å². The predicted molar refractivity (Wildman–Crippen MR) is 82.0 cm³/mol. The topological polar surface area (TPSA) is 59.0 Å². The minimum absolute atomic E-state index is 0.279. The van der Waals surface area contributed by atoms with Crippen LogP contribution in [0, 0.1) is 0 Å². The molecule has 21 heavy (non-hydrogen) atoms. The lowest BCUT2D eigenvalue weighted by Crippen LogP contribution is -2.35. The molecule has 1 atom stereocenters. The highest BCUT2D eigenvalue weighted by atomic mass is 16.5. The molecule has 1 aromatic rings. The van der Waals surface area contributed by atoms with Crippen molar-refractivity contribution in [3.8, 4) is 5.75 Å². The second-order valence-corrected chi connectivity index (χ2v) is 5.05. The van der Waals surface area contributed by atoms with Gasteiger partial charge in [0.2, 0.25) is 0 Å². The average Bonchev–Trinajstić information content (AvgIpc) is 2.50. The molecule has 0 fully saturated rings. The molecule has 0 aliphatic carbocycles. The van der Waals surface area contributed by atoms with Crippen LogP contribution in [0.25, 0.3) is 0 Å². The van der Waals surface area contributed by atoms with Gasteiger partial charge in [0.1, 0.15) is 5.75 Å². The fraction of sp³-hybridized carbons (Fsp3) is 0.562. The maximum atomic E-state index is 11.1. The molecule has 0 aliphatic rings. The minimum atomic E-state index is -0.925. The van der Waals surface area contributed by atoms with Crippen molar-refractivity contribution in [2.45, 2.75) is 32.9 Å². The zero-order chi connectivity index (χ0) is 15.8. The molecule has 118 valence electrons. The van der Waals surface area contributed by atoms with E-state index >= 15 is 0 Å². The molecular formula is C16H25NO4. The number of carbonyl (C=O) groups is 1. The van der Waals surface area contributed by atoms with E-state index in [0.29, 0.717) is 24.9 Å². The quantitative estimate of drug-likeness (QED) is 0.759. The van der Waals surface area contributed by atoms with Gasteiger partial charge in [-0.1, -0.05) is 6.92 Å². The molecule has 0 bridgehead atoms. The first-order valence-electron chi connectivity index (χ1n) is 7.16. The molecule has 0 saturated carbocycles. The summed E-state index contributed by atoms with van der Waals surface area (Å²) in [4.78, 5) is 13.4. The fourth-order valence-electron chi connectivity index (χ4n) is 2.18. The smallest absolute Gasteiger partial charge is 0.335 e. The summed E-state index contributed by atoms with van der Waals surface area (Å²) in [5.74, 6) is -0.211. The van der Waals surface area contributed by atoms with Gasteiger partial charge >= 0.3 is 5.97 Å². The Morgan fingerprint density at radius 3 is 2.62 bits per heavy atom. The van der Waals surface area contributed by atoms with Crippen LogP contribution < -0.4 is 4.74 Å². The summed E-state index contributed by atoms with van der Waals surface area (Å²) in [7, 11) is 3.28. The Morgan fingerprint density at radius 1 is 1.38 bits per heavy atom. The first kappa shape index (κ1) is 17.5. The van der Waals surface area contributed by atoms with E-state index in [1.54, 1.807) is 32.4 Å². The van der Waals surface area contributed by atoms with Crippen LogP contribution >= 0.6 is 0 Å². The van der Waals surface area contributed by atoms with Crippen molar-refractivity contribution in [3.05, 3.63) is 29.3 Å². The Bertz CT molecular complexity index is 462. The second kappa shape index (κ2) is 8.64. The zero-order valence-corrected chi connectivity index (χ0v) is 13.3. The highest BCUT2D eigenvalue weighted by Gasteiger charge is 2.16. The Balaban J connectivity index is 2.99. The lowest BCUT2D eigenvalue weighted by molar-refractivity contribution is 0.0696. The van der Waals surface area contributed by atoms with Crippen LogP contribution in [0.15, 0.2) is 18.2 Å². The summed E-state index contributed by atoms with van der Waals surface area (Å²) < 4.78 is 10.5. The maximum Gasteiger partial charge on any atom is 0.335 e. The molecule has 0 aliphatic heterocycles. The molecule has 1 unspecified atom stereocenters. The Hall–Kier alpha value is -1.59. The van der Waals surface area contributed by atoms with Crippen molar-refractivity contribution >= 4 is 5.97 Å². The summed E-state index contributed by atoms with van der Waals surface area (Å²) in [5.41, 5.74) is 1.16. The number of carboxylic acid groups (broad SMARTS) is 1. The Morgan fingerprint density at radius 2 is 2.10 bits per heavy atom. The molecule has 1 aromatic carbocycles. The normalized spacial score (nSPS) is 12.4. The van der Waals surface area contributed by atoms with Crippen LogP contribution in [0.2, 0.25) is 0 Å². The Kier molecular flexibility index (Phi) is 7.19. The first-order valence-corrected chi connectivity index (χ1v) is 7.16. The Labute approximate surface area is 126 Å². The number of ether oxygens (including phenoxy) is 2. The van der Waals surface area contributed by atoms with E-state index in [-0.39, 0.29) is 5.56 Å². The van der Waals surface area contributed by atoms with Crippen LogP contribution in [-0.4, -0.2) is 49.4 Å². The summed E-state index contributed by atoms with van der Waals surface area (Å²) in [6.45, 7) is 6.37. The lowest BCUT2D eigenvalue weighted by atomic mass is 10.1. The molecule has 1 rings (SSSR count). The number of nitrogens with zero attached hydrogens (tertiary/aromatic N) is 1. The molecule has 5 nitrogen and oxygen atoms in total. The monoisotopic (exact) mass is 295 g/mol. The zero-order valence-electron chi connectivity index (χ0n) is 13.3. The third kappa shape index (κ3) is 5.02. The third-order valence-corrected chi connectivity index (χ3v) is 3.70. The van der Waals surface area contributed by atoms with Gasteiger partial charge in [0.15, 0.2) is 0 Å². The van der Waals surface area contributed by atoms with Crippen molar-refractivity contribution in [2.75, 3.05) is 27.4 Å². The number of benzene rings is 1. The van der Waals surface area contributed by atoms with Crippen LogP contribution in [-0.2, 0) is 11.3 Å². The van der Waals surface area contributed by atoms with E-state index < -0.39 is 5.97 Å². The van der Waals surface area contributed by atoms with Crippen molar-refractivity contribution in [1.82, 2.24) is 4.90 Å². The molecular weight excluding hydrogens is 270 g/mol. The van der Waals surface area contributed by atoms with E-state index in [1.807, 2.05) is 0 Å². The number of rotatable bonds is 9. The van der Waals surface area contributed by atoms with Crippen LogP contribution in [0.4, 0.5) is 0 Å². The number of aromatic carboxylic acids is 1. The molecule has 0 amide bonds. The summed E-state index contributed by atoms with van der Waals surface area (Å²) >= 11 is 0. The number of carboxylic acids is 1. The van der Waals surface area contributed by atoms with Crippen LogP contribution in [0.5, 0.6) is 5.75 Å². The maximum absolute atomic E-state index is 11.1. The fourth-order valence-corrected chi connectivity index (χ4v) is 2.18. The first-order chi connectivity index (χ1) is 10.0. The molecule has 5 heteroatoms. The van der Waals surface area contributed by atoms with Gasteiger partial charge < -0.3 is 14.6 Å². The summed E-state index contributed by atoms with van der Waals surface area (Å²) in [5, 5.41) is 9.13. The highest BCUT2D eigenvalue weighted by Crippen LogP contribution is 2.23. The molecule has 0 saturated heterocycles. The van der Waals surface area contributed by atoms with Gasteiger partial charge in [0.25, 0.3) is 0 Å².